The number of nitrogens with two attached hydrogens (primary N) is 1. The molecule has 2 aromatic rings. The summed E-state index contributed by atoms with van der Waals surface area (Å²) in [5.74, 6) is -1.01. The second-order valence-corrected chi connectivity index (χ2v) is 3.84. The first-order chi connectivity index (χ1) is 9.06. The molecule has 0 radical (unpaired) electrons. The number of primary amides is 1. The van der Waals surface area contributed by atoms with Gasteiger partial charge in [-0.15, -0.1) is 0 Å². The molecule has 1 heterocycles. The van der Waals surface area contributed by atoms with Crippen molar-refractivity contribution in [2.45, 2.75) is 0 Å². The molecule has 4 N–H and O–H groups in total. The van der Waals surface area contributed by atoms with Crippen molar-refractivity contribution in [1.82, 2.24) is 4.98 Å². The van der Waals surface area contributed by atoms with Crippen molar-refractivity contribution in [1.29, 1.82) is 0 Å². The smallest absolute Gasteiger partial charge is 0.255 e. The Hall–Kier alpha value is -2.89. The largest absolute Gasteiger partial charge is 0.366 e. The monoisotopic (exact) mass is 257 g/mol. The Morgan fingerprint density at radius 1 is 1.11 bits per heavy atom. The highest BCUT2D eigenvalue weighted by atomic mass is 16.2. The number of aromatic amines is 1. The summed E-state index contributed by atoms with van der Waals surface area (Å²) >= 11 is 0. The molecule has 96 valence electrons. The molecule has 0 aliphatic rings. The van der Waals surface area contributed by atoms with Gasteiger partial charge >= 0.3 is 0 Å². The molecule has 0 atom stereocenters. The quantitative estimate of drug-likeness (QED) is 0.754. The van der Waals surface area contributed by atoms with Crippen LogP contribution in [0.2, 0.25) is 0 Å². The van der Waals surface area contributed by atoms with Gasteiger partial charge in [-0.1, -0.05) is 6.07 Å². The highest BCUT2D eigenvalue weighted by Gasteiger charge is 2.07. The van der Waals surface area contributed by atoms with E-state index in [0.29, 0.717) is 11.3 Å². The van der Waals surface area contributed by atoms with E-state index in [2.05, 4.69) is 10.3 Å². The number of nitrogens with one attached hydrogen (secondary N) is 2. The van der Waals surface area contributed by atoms with E-state index in [-0.39, 0.29) is 11.1 Å². The van der Waals surface area contributed by atoms with E-state index in [1.54, 1.807) is 18.2 Å². The number of pyridine rings is 1. The van der Waals surface area contributed by atoms with E-state index in [1.165, 1.54) is 24.4 Å². The molecule has 0 aliphatic heterocycles. The Morgan fingerprint density at radius 2 is 1.89 bits per heavy atom. The first kappa shape index (κ1) is 12.6. The number of H-pyrrole nitrogens is 1. The summed E-state index contributed by atoms with van der Waals surface area (Å²) in [5, 5.41) is 2.58. The zero-order chi connectivity index (χ0) is 13.8. The molecule has 0 bridgehead atoms. The van der Waals surface area contributed by atoms with Crippen molar-refractivity contribution in [3.05, 3.63) is 64.1 Å². The van der Waals surface area contributed by atoms with Crippen molar-refractivity contribution in [2.24, 2.45) is 5.73 Å². The lowest BCUT2D eigenvalue weighted by atomic mass is 10.2. The Balaban J connectivity index is 2.22. The Kier molecular flexibility index (Phi) is 3.42. The van der Waals surface area contributed by atoms with Gasteiger partial charge in [-0.25, -0.2) is 0 Å². The summed E-state index contributed by atoms with van der Waals surface area (Å²) in [7, 11) is 0. The van der Waals surface area contributed by atoms with Gasteiger partial charge in [0.25, 0.3) is 5.91 Å². The van der Waals surface area contributed by atoms with Gasteiger partial charge in [0, 0.05) is 29.1 Å². The maximum absolute atomic E-state index is 11.9. The molecule has 0 spiro atoms. The van der Waals surface area contributed by atoms with Crippen LogP contribution in [0.4, 0.5) is 5.69 Å². The van der Waals surface area contributed by atoms with Crippen LogP contribution in [0.25, 0.3) is 0 Å². The van der Waals surface area contributed by atoms with Crippen molar-refractivity contribution < 1.29 is 9.59 Å². The SMILES string of the molecule is NC(=O)c1cccc(NC(=O)c2cc[nH]c(=O)c2)c1. The lowest BCUT2D eigenvalue weighted by Crippen LogP contribution is -2.16. The van der Waals surface area contributed by atoms with E-state index in [4.69, 9.17) is 5.73 Å². The first-order valence-electron chi connectivity index (χ1n) is 5.46. The van der Waals surface area contributed by atoms with Crippen LogP contribution < -0.4 is 16.6 Å². The van der Waals surface area contributed by atoms with Gasteiger partial charge in [-0.2, -0.15) is 0 Å². The summed E-state index contributed by atoms with van der Waals surface area (Å²) < 4.78 is 0. The zero-order valence-corrected chi connectivity index (χ0v) is 9.84. The van der Waals surface area contributed by atoms with E-state index in [9.17, 15) is 14.4 Å². The van der Waals surface area contributed by atoms with Crippen LogP contribution in [0.3, 0.4) is 0 Å². The van der Waals surface area contributed by atoms with Crippen LogP contribution in [-0.4, -0.2) is 16.8 Å². The Labute approximate surface area is 108 Å². The molecule has 6 nitrogen and oxygen atoms in total. The number of hydrogen-bond acceptors (Lipinski definition) is 3. The number of benzene rings is 1. The molecule has 1 aromatic carbocycles. The lowest BCUT2D eigenvalue weighted by Gasteiger charge is -2.05. The van der Waals surface area contributed by atoms with Crippen LogP contribution in [0.1, 0.15) is 20.7 Å². The first-order valence-corrected chi connectivity index (χ1v) is 5.46. The second kappa shape index (κ2) is 5.18. The molecular formula is C13H11N3O3. The molecule has 0 unspecified atom stereocenters. The van der Waals surface area contributed by atoms with Crippen molar-refractivity contribution in [3.63, 3.8) is 0 Å². The number of aromatic nitrogens is 1. The number of amides is 2. The summed E-state index contributed by atoms with van der Waals surface area (Å²) in [6.45, 7) is 0. The molecule has 0 aliphatic carbocycles. The molecule has 2 amide bonds. The van der Waals surface area contributed by atoms with Gasteiger partial charge in [-0.05, 0) is 24.3 Å². The van der Waals surface area contributed by atoms with Crippen LogP contribution in [0.15, 0.2) is 47.4 Å². The summed E-state index contributed by atoms with van der Waals surface area (Å²) in [5.41, 5.74) is 5.74. The highest BCUT2D eigenvalue weighted by Crippen LogP contribution is 2.11. The second-order valence-electron chi connectivity index (χ2n) is 3.84. The fourth-order valence-corrected chi connectivity index (χ4v) is 1.54. The van der Waals surface area contributed by atoms with E-state index >= 15 is 0 Å². The van der Waals surface area contributed by atoms with E-state index < -0.39 is 11.8 Å². The molecule has 2 rings (SSSR count). The van der Waals surface area contributed by atoms with E-state index in [1.807, 2.05) is 0 Å². The number of carbonyl (C=O) groups excluding carboxylic acids is 2. The van der Waals surface area contributed by atoms with Crippen LogP contribution in [0.5, 0.6) is 0 Å². The Morgan fingerprint density at radius 3 is 2.58 bits per heavy atom. The lowest BCUT2D eigenvalue weighted by molar-refractivity contribution is 0.0996. The average Bonchev–Trinajstić information content (AvgIpc) is 2.39. The van der Waals surface area contributed by atoms with Gasteiger partial charge in [0.15, 0.2) is 0 Å². The van der Waals surface area contributed by atoms with Gasteiger partial charge < -0.3 is 16.0 Å². The normalized spacial score (nSPS) is 9.89. The number of hydrogen-bond donors (Lipinski definition) is 3. The third kappa shape index (κ3) is 3.06. The molecule has 0 fully saturated rings. The predicted octanol–water partition coefficient (Wildman–Crippen LogP) is 0.726. The van der Waals surface area contributed by atoms with Gasteiger partial charge in [-0.3, -0.25) is 14.4 Å². The third-order valence-corrected chi connectivity index (χ3v) is 2.44. The molecule has 6 heteroatoms. The fourth-order valence-electron chi connectivity index (χ4n) is 1.54. The van der Waals surface area contributed by atoms with E-state index in [0.717, 1.165) is 0 Å². The van der Waals surface area contributed by atoms with Crippen LogP contribution >= 0.6 is 0 Å². The van der Waals surface area contributed by atoms with Gasteiger partial charge in [0.05, 0.1) is 0 Å². The Bertz CT molecular complexity index is 691. The maximum atomic E-state index is 11.9. The molecule has 19 heavy (non-hydrogen) atoms. The summed E-state index contributed by atoms with van der Waals surface area (Å²) in [4.78, 5) is 36.4. The van der Waals surface area contributed by atoms with Gasteiger partial charge in [0.2, 0.25) is 11.5 Å². The zero-order valence-electron chi connectivity index (χ0n) is 9.84. The van der Waals surface area contributed by atoms with Crippen LogP contribution in [-0.2, 0) is 0 Å². The minimum atomic E-state index is -0.577. The van der Waals surface area contributed by atoms with Crippen LogP contribution in [0, 0.1) is 0 Å². The highest BCUT2D eigenvalue weighted by molar-refractivity contribution is 6.04. The standard InChI is InChI=1S/C13H11N3O3/c14-12(18)8-2-1-3-10(6-8)16-13(19)9-4-5-15-11(17)7-9/h1-7H,(H2,14,18)(H,15,17)(H,16,19). The average molecular weight is 257 g/mol. The fraction of sp³-hybridized carbons (Fsp3) is 0. The number of carbonyl (C=O) groups is 2. The van der Waals surface area contributed by atoms with Crippen molar-refractivity contribution in [3.8, 4) is 0 Å². The number of rotatable bonds is 3. The third-order valence-electron chi connectivity index (χ3n) is 2.44. The number of anilines is 1. The minimum absolute atomic E-state index is 0.230. The van der Waals surface area contributed by atoms with Crippen molar-refractivity contribution >= 4 is 17.5 Å². The molecule has 0 saturated heterocycles. The maximum Gasteiger partial charge on any atom is 0.255 e. The minimum Gasteiger partial charge on any atom is -0.366 e. The molecule has 0 saturated carbocycles. The topological polar surface area (TPSA) is 105 Å². The predicted molar refractivity (Wildman–Crippen MR) is 70.0 cm³/mol. The summed E-state index contributed by atoms with van der Waals surface area (Å²) in [6.07, 6.45) is 1.39. The molecular weight excluding hydrogens is 246 g/mol. The summed E-state index contributed by atoms with van der Waals surface area (Å²) in [6, 6.07) is 8.91. The molecule has 1 aromatic heterocycles. The van der Waals surface area contributed by atoms with Crippen molar-refractivity contribution in [2.75, 3.05) is 5.32 Å². The van der Waals surface area contributed by atoms with Gasteiger partial charge in [0.1, 0.15) is 0 Å².